The Bertz CT molecular complexity index is 753. The predicted molar refractivity (Wildman–Crippen MR) is 109 cm³/mol. The summed E-state index contributed by atoms with van der Waals surface area (Å²) in [6, 6.07) is 0. The van der Waals surface area contributed by atoms with Gasteiger partial charge in [0.15, 0.2) is 5.78 Å². The van der Waals surface area contributed by atoms with Gasteiger partial charge >= 0.3 is 0 Å². The highest BCUT2D eigenvalue weighted by molar-refractivity contribution is 5.91. The first-order valence-electron chi connectivity index (χ1n) is 11.5. The third-order valence-corrected chi connectivity index (χ3v) is 9.79. The van der Waals surface area contributed by atoms with Gasteiger partial charge in [-0.15, -0.1) is 0 Å². The number of ether oxygens (including phenoxy) is 1. The van der Waals surface area contributed by atoms with Gasteiger partial charge in [-0.25, -0.2) is 0 Å². The van der Waals surface area contributed by atoms with Gasteiger partial charge in [-0.05, 0) is 80.1 Å². The van der Waals surface area contributed by atoms with Crippen LogP contribution in [-0.2, 0) is 9.53 Å². The number of rotatable bonds is 3. The highest BCUT2D eigenvalue weighted by atomic mass is 16.5. The first-order valence-corrected chi connectivity index (χ1v) is 11.5. The van der Waals surface area contributed by atoms with Crippen LogP contribution < -0.4 is 0 Å². The molecule has 5 rings (SSSR count). The van der Waals surface area contributed by atoms with Gasteiger partial charge < -0.3 is 9.84 Å². The maximum atomic E-state index is 12.2. The molecule has 4 fully saturated rings. The quantitative estimate of drug-likeness (QED) is 0.681. The first-order chi connectivity index (χ1) is 13.2. The summed E-state index contributed by atoms with van der Waals surface area (Å²) in [6.45, 7) is 11.1. The smallest absolute Gasteiger partial charge is 0.155 e. The fraction of sp³-hybridized carbons (Fsp3) is 0.800. The van der Waals surface area contributed by atoms with E-state index in [0.717, 1.165) is 37.9 Å². The Kier molecular flexibility index (Phi) is 4.03. The molecule has 5 aliphatic rings. The van der Waals surface area contributed by atoms with E-state index in [4.69, 9.17) is 4.74 Å². The van der Waals surface area contributed by atoms with E-state index in [2.05, 4.69) is 27.4 Å². The summed E-state index contributed by atoms with van der Waals surface area (Å²) in [7, 11) is 0. The molecule has 5 aliphatic carbocycles. The zero-order valence-electron chi connectivity index (χ0n) is 17.8. The van der Waals surface area contributed by atoms with Crippen molar-refractivity contribution in [2.24, 2.45) is 34.5 Å². The Labute approximate surface area is 169 Å². The van der Waals surface area contributed by atoms with Crippen LogP contribution in [0.1, 0.15) is 78.6 Å². The van der Waals surface area contributed by atoms with Crippen LogP contribution in [0.5, 0.6) is 0 Å². The van der Waals surface area contributed by atoms with E-state index in [0.29, 0.717) is 30.1 Å². The molecule has 3 nitrogen and oxygen atoms in total. The Morgan fingerprint density at radius 2 is 2.00 bits per heavy atom. The zero-order chi connectivity index (χ0) is 19.9. The second-order valence-electron chi connectivity index (χ2n) is 11.1. The molecule has 0 radical (unpaired) electrons. The Morgan fingerprint density at radius 3 is 2.75 bits per heavy atom. The average molecular weight is 385 g/mol. The number of allylic oxidation sites excluding steroid dienone is 2. The number of carbonyl (C=O) groups excluding carboxylic acids is 1. The molecule has 0 heterocycles. The molecule has 4 saturated carbocycles. The summed E-state index contributed by atoms with van der Waals surface area (Å²) in [5.41, 5.74) is 0.983. The number of carbonyl (C=O) groups is 1. The SMILES string of the molecule is C=C(CC)O[C@H]1CCC2C3C(CC[C@@]21C)[C@@]1(C)CCC(=O)C=C1CC1(O)C[C@@H]31. The van der Waals surface area contributed by atoms with Gasteiger partial charge in [0.25, 0.3) is 0 Å². The molecule has 0 aromatic heterocycles. The van der Waals surface area contributed by atoms with Crippen molar-refractivity contribution in [1.29, 1.82) is 0 Å². The van der Waals surface area contributed by atoms with E-state index in [1.807, 2.05) is 6.08 Å². The van der Waals surface area contributed by atoms with Crippen molar-refractivity contribution in [2.45, 2.75) is 90.3 Å². The van der Waals surface area contributed by atoms with Crippen molar-refractivity contribution in [3.05, 3.63) is 24.0 Å². The normalized spacial score (nSPS) is 51.8. The summed E-state index contributed by atoms with van der Waals surface area (Å²) in [6.07, 6.45) is 11.1. The van der Waals surface area contributed by atoms with E-state index < -0.39 is 5.60 Å². The van der Waals surface area contributed by atoms with Crippen LogP contribution in [0.2, 0.25) is 0 Å². The Balaban J connectivity index is 1.52. The lowest BCUT2D eigenvalue weighted by Crippen LogP contribution is -2.49. The van der Waals surface area contributed by atoms with Crippen LogP contribution in [0.3, 0.4) is 0 Å². The van der Waals surface area contributed by atoms with E-state index in [9.17, 15) is 9.90 Å². The third-order valence-electron chi connectivity index (χ3n) is 9.79. The molecule has 4 unspecified atom stereocenters. The lowest BCUT2D eigenvalue weighted by molar-refractivity contribution is -0.117. The molecular weight excluding hydrogens is 348 g/mol. The van der Waals surface area contributed by atoms with Crippen molar-refractivity contribution in [3.8, 4) is 0 Å². The summed E-state index contributed by atoms with van der Waals surface area (Å²) < 4.78 is 6.35. The number of fused-ring (bicyclic) bond motifs is 7. The van der Waals surface area contributed by atoms with Crippen molar-refractivity contribution in [1.82, 2.24) is 0 Å². The highest BCUT2D eigenvalue weighted by Gasteiger charge is 2.69. The van der Waals surface area contributed by atoms with Crippen LogP contribution in [0.15, 0.2) is 24.0 Å². The molecular formula is C25H36O3. The molecule has 154 valence electrons. The predicted octanol–water partition coefficient (Wildman–Crippen LogP) is 5.19. The van der Waals surface area contributed by atoms with E-state index in [1.165, 1.54) is 24.8 Å². The molecule has 0 amide bonds. The molecule has 1 N–H and O–H groups in total. The fourth-order valence-electron chi connectivity index (χ4n) is 7.93. The van der Waals surface area contributed by atoms with Crippen LogP contribution in [0.4, 0.5) is 0 Å². The second kappa shape index (κ2) is 5.97. The van der Waals surface area contributed by atoms with Gasteiger partial charge in [0.05, 0.1) is 11.4 Å². The molecule has 0 spiro atoms. The minimum Gasteiger partial charge on any atom is -0.495 e. The molecule has 0 aromatic rings. The van der Waals surface area contributed by atoms with Crippen LogP contribution in [-0.4, -0.2) is 22.6 Å². The van der Waals surface area contributed by atoms with Crippen LogP contribution in [0, 0.1) is 34.5 Å². The second-order valence-corrected chi connectivity index (χ2v) is 11.1. The molecule has 3 heteroatoms. The van der Waals surface area contributed by atoms with Gasteiger partial charge in [-0.3, -0.25) is 4.79 Å². The topological polar surface area (TPSA) is 46.5 Å². The highest BCUT2D eigenvalue weighted by Crippen LogP contribution is 2.72. The first kappa shape index (κ1) is 18.9. The van der Waals surface area contributed by atoms with Gasteiger partial charge in [0.1, 0.15) is 6.10 Å². The number of ketones is 1. The monoisotopic (exact) mass is 384 g/mol. The maximum Gasteiger partial charge on any atom is 0.155 e. The van der Waals surface area contributed by atoms with Gasteiger partial charge in [0, 0.05) is 18.3 Å². The summed E-state index contributed by atoms with van der Waals surface area (Å²) in [5.74, 6) is 3.37. The largest absolute Gasteiger partial charge is 0.495 e. The van der Waals surface area contributed by atoms with Crippen molar-refractivity contribution in [2.75, 3.05) is 0 Å². The fourth-order valence-corrected chi connectivity index (χ4v) is 7.93. The number of aliphatic hydroxyl groups is 1. The molecule has 0 aliphatic heterocycles. The summed E-state index contributed by atoms with van der Waals surface area (Å²) in [4.78, 5) is 12.2. The standard InChI is InChI=1S/C25H36O3/c1-5-15(2)28-21-7-6-18-22-19(9-11-24(18,21)4)23(3)10-8-17(26)12-16(23)13-25(27)14-20(22)25/h12,18-22,27H,2,5-11,13-14H2,1,3-4H3/t18?,19?,20-,21-,22?,23-,24-,25?/m0/s1. The molecule has 0 aromatic carbocycles. The number of hydrogen-bond donors (Lipinski definition) is 1. The van der Waals surface area contributed by atoms with E-state index in [1.54, 1.807) is 0 Å². The Morgan fingerprint density at radius 1 is 1.21 bits per heavy atom. The van der Waals surface area contributed by atoms with Gasteiger partial charge in [0.2, 0.25) is 0 Å². The maximum absolute atomic E-state index is 12.2. The van der Waals surface area contributed by atoms with E-state index >= 15 is 0 Å². The summed E-state index contributed by atoms with van der Waals surface area (Å²) in [5, 5.41) is 11.4. The molecule has 8 atom stereocenters. The lowest BCUT2D eigenvalue weighted by atomic mass is 9.51. The molecule has 0 bridgehead atoms. The zero-order valence-corrected chi connectivity index (χ0v) is 17.8. The number of hydrogen-bond acceptors (Lipinski definition) is 3. The van der Waals surface area contributed by atoms with Gasteiger partial charge in [-0.1, -0.05) is 32.9 Å². The summed E-state index contributed by atoms with van der Waals surface area (Å²) >= 11 is 0. The van der Waals surface area contributed by atoms with Gasteiger partial charge in [-0.2, -0.15) is 0 Å². The van der Waals surface area contributed by atoms with Crippen LogP contribution in [0.25, 0.3) is 0 Å². The Hall–Kier alpha value is -1.09. The minimum absolute atomic E-state index is 0.0923. The third kappa shape index (κ3) is 2.47. The average Bonchev–Trinajstić information content (AvgIpc) is 3.21. The molecule has 0 saturated heterocycles. The molecule has 28 heavy (non-hydrogen) atoms. The van der Waals surface area contributed by atoms with Crippen molar-refractivity contribution < 1.29 is 14.6 Å². The van der Waals surface area contributed by atoms with Crippen molar-refractivity contribution in [3.63, 3.8) is 0 Å². The van der Waals surface area contributed by atoms with Crippen LogP contribution >= 0.6 is 0 Å². The lowest BCUT2D eigenvalue weighted by Gasteiger charge is -2.54. The minimum atomic E-state index is -0.561. The van der Waals surface area contributed by atoms with Crippen molar-refractivity contribution >= 4 is 5.78 Å². The van der Waals surface area contributed by atoms with E-state index in [-0.39, 0.29) is 22.7 Å².